The maximum Gasteiger partial charge on any atom is 0.226 e. The third-order valence-corrected chi connectivity index (χ3v) is 3.29. The van der Waals surface area contributed by atoms with E-state index in [-0.39, 0.29) is 18.2 Å². The lowest BCUT2D eigenvalue weighted by molar-refractivity contribution is -0.111. The fraction of sp³-hybridized carbons (Fsp3) is 0.250. The molecule has 0 saturated heterocycles. The van der Waals surface area contributed by atoms with Gasteiger partial charge < -0.3 is 0 Å². The molecule has 2 nitrogen and oxygen atoms in total. The van der Waals surface area contributed by atoms with Gasteiger partial charge in [-0.15, -0.1) is 0 Å². The minimum Gasteiger partial charge on any atom is -0.281 e. The van der Waals surface area contributed by atoms with Crippen molar-refractivity contribution in [1.82, 2.24) is 4.98 Å². The average molecular weight is 292 g/mol. The van der Waals surface area contributed by atoms with Crippen LogP contribution in [0.5, 0.6) is 0 Å². The Labute approximate surface area is 122 Å². The van der Waals surface area contributed by atoms with Gasteiger partial charge in [0.2, 0.25) is 5.24 Å². The summed E-state index contributed by atoms with van der Waals surface area (Å²) < 4.78 is 13.9. The molecule has 0 fully saturated rings. The molecule has 20 heavy (non-hydrogen) atoms. The van der Waals surface area contributed by atoms with Gasteiger partial charge in [-0.3, -0.25) is 9.78 Å². The van der Waals surface area contributed by atoms with E-state index >= 15 is 0 Å². The molecule has 0 atom stereocenters. The van der Waals surface area contributed by atoms with Gasteiger partial charge in [-0.2, -0.15) is 0 Å². The number of hydrogen-bond donors (Lipinski definition) is 0. The van der Waals surface area contributed by atoms with Crippen molar-refractivity contribution in [1.29, 1.82) is 0 Å². The summed E-state index contributed by atoms with van der Waals surface area (Å²) in [6.45, 7) is 3.92. The Bertz CT molecular complexity index is 626. The highest BCUT2D eigenvalue weighted by molar-refractivity contribution is 6.63. The van der Waals surface area contributed by atoms with Crippen molar-refractivity contribution in [2.45, 2.75) is 26.2 Å². The number of aromatic nitrogens is 1. The number of pyridine rings is 1. The van der Waals surface area contributed by atoms with E-state index in [1.54, 1.807) is 18.5 Å². The van der Waals surface area contributed by atoms with Gasteiger partial charge in [0.15, 0.2) is 0 Å². The highest BCUT2D eigenvalue weighted by Crippen LogP contribution is 2.32. The lowest BCUT2D eigenvalue weighted by atomic mass is 9.89. The Kier molecular flexibility index (Phi) is 4.50. The molecule has 1 heterocycles. The van der Waals surface area contributed by atoms with Crippen molar-refractivity contribution in [3.8, 4) is 11.1 Å². The van der Waals surface area contributed by atoms with Crippen LogP contribution in [0.15, 0.2) is 36.7 Å². The third-order valence-electron chi connectivity index (χ3n) is 3.16. The molecule has 2 aromatic rings. The van der Waals surface area contributed by atoms with Crippen LogP contribution in [0.4, 0.5) is 4.39 Å². The summed E-state index contributed by atoms with van der Waals surface area (Å²) in [6, 6.07) is 6.52. The Morgan fingerprint density at radius 2 is 2.15 bits per heavy atom. The van der Waals surface area contributed by atoms with Gasteiger partial charge in [-0.05, 0) is 52.4 Å². The van der Waals surface area contributed by atoms with E-state index < -0.39 is 5.24 Å². The van der Waals surface area contributed by atoms with Gasteiger partial charge in [0.1, 0.15) is 5.82 Å². The van der Waals surface area contributed by atoms with Crippen LogP contribution in [0.3, 0.4) is 0 Å². The molecule has 0 radical (unpaired) electrons. The second kappa shape index (κ2) is 6.14. The van der Waals surface area contributed by atoms with Gasteiger partial charge in [-0.25, -0.2) is 4.39 Å². The van der Waals surface area contributed by atoms with Gasteiger partial charge in [-0.1, -0.05) is 19.9 Å². The normalized spacial score (nSPS) is 10.8. The first-order valence-electron chi connectivity index (χ1n) is 6.40. The maximum absolute atomic E-state index is 13.9. The fourth-order valence-electron chi connectivity index (χ4n) is 2.29. The van der Waals surface area contributed by atoms with E-state index in [4.69, 9.17) is 11.6 Å². The molecule has 0 N–H and O–H groups in total. The Morgan fingerprint density at radius 1 is 1.40 bits per heavy atom. The van der Waals surface area contributed by atoms with Crippen molar-refractivity contribution in [3.63, 3.8) is 0 Å². The molecule has 4 heteroatoms. The zero-order valence-corrected chi connectivity index (χ0v) is 12.1. The Morgan fingerprint density at radius 3 is 2.70 bits per heavy atom. The molecule has 0 aliphatic rings. The molecule has 0 unspecified atom stereocenters. The molecule has 0 bridgehead atoms. The Hall–Kier alpha value is -1.74. The fourth-order valence-corrected chi connectivity index (χ4v) is 2.42. The van der Waals surface area contributed by atoms with Gasteiger partial charge in [0, 0.05) is 24.4 Å². The molecule has 0 amide bonds. The summed E-state index contributed by atoms with van der Waals surface area (Å²) in [5.74, 6) is -0.217. The summed E-state index contributed by atoms with van der Waals surface area (Å²) in [7, 11) is 0. The molecule has 0 saturated carbocycles. The average Bonchev–Trinajstić information content (AvgIpc) is 2.40. The predicted octanol–water partition coefficient (Wildman–Crippen LogP) is 4.32. The number of carbonyl (C=O) groups excluding carboxylic acids is 1. The largest absolute Gasteiger partial charge is 0.281 e. The number of nitrogens with zero attached hydrogens (tertiary/aromatic N) is 1. The van der Waals surface area contributed by atoms with Crippen LogP contribution in [-0.4, -0.2) is 10.2 Å². The summed E-state index contributed by atoms with van der Waals surface area (Å²) >= 11 is 5.54. The summed E-state index contributed by atoms with van der Waals surface area (Å²) in [5.41, 5.74) is 3.03. The number of halogens is 2. The predicted molar refractivity (Wildman–Crippen MR) is 78.3 cm³/mol. The van der Waals surface area contributed by atoms with Gasteiger partial charge >= 0.3 is 0 Å². The third kappa shape index (κ3) is 3.23. The van der Waals surface area contributed by atoms with Crippen molar-refractivity contribution in [2.24, 2.45) is 0 Å². The van der Waals surface area contributed by atoms with E-state index in [2.05, 4.69) is 4.98 Å². The van der Waals surface area contributed by atoms with Crippen LogP contribution in [0, 0.1) is 5.82 Å². The smallest absolute Gasteiger partial charge is 0.226 e. The topological polar surface area (TPSA) is 30.0 Å². The van der Waals surface area contributed by atoms with Crippen LogP contribution in [0.2, 0.25) is 0 Å². The lowest BCUT2D eigenvalue weighted by Gasteiger charge is -2.16. The van der Waals surface area contributed by atoms with E-state index in [9.17, 15) is 9.18 Å². The molecule has 0 aliphatic carbocycles. The number of benzene rings is 1. The molecule has 1 aromatic carbocycles. The van der Waals surface area contributed by atoms with Crippen LogP contribution in [0.25, 0.3) is 11.1 Å². The lowest BCUT2D eigenvalue weighted by Crippen LogP contribution is -2.05. The number of carbonyl (C=O) groups is 1. The SMILES string of the molecule is CC(C)c1cc(F)cc(-c2cccnc2)c1CC(=O)Cl. The standard InChI is InChI=1S/C16H15ClFNO/c1-10(2)13-6-12(18)7-14(15(13)8-16(17)20)11-4-3-5-19-9-11/h3-7,9-10H,8H2,1-2H3. The first kappa shape index (κ1) is 14.7. The summed E-state index contributed by atoms with van der Waals surface area (Å²) in [6.07, 6.45) is 3.39. The summed E-state index contributed by atoms with van der Waals surface area (Å²) in [4.78, 5) is 15.4. The van der Waals surface area contributed by atoms with Crippen molar-refractivity contribution < 1.29 is 9.18 Å². The molecule has 104 valence electrons. The van der Waals surface area contributed by atoms with E-state index in [1.165, 1.54) is 12.1 Å². The monoisotopic (exact) mass is 291 g/mol. The molecule has 2 rings (SSSR count). The van der Waals surface area contributed by atoms with Crippen LogP contribution in [-0.2, 0) is 11.2 Å². The first-order valence-corrected chi connectivity index (χ1v) is 6.78. The van der Waals surface area contributed by atoms with Gasteiger partial charge in [0.25, 0.3) is 0 Å². The highest BCUT2D eigenvalue weighted by atomic mass is 35.5. The molecule has 0 aliphatic heterocycles. The van der Waals surface area contributed by atoms with E-state index in [1.807, 2.05) is 19.9 Å². The molecule has 1 aromatic heterocycles. The second-order valence-corrected chi connectivity index (χ2v) is 5.37. The quantitative estimate of drug-likeness (QED) is 0.785. The van der Waals surface area contributed by atoms with Crippen LogP contribution in [0.1, 0.15) is 30.9 Å². The highest BCUT2D eigenvalue weighted by Gasteiger charge is 2.17. The van der Waals surface area contributed by atoms with Crippen molar-refractivity contribution in [3.05, 3.63) is 53.6 Å². The van der Waals surface area contributed by atoms with Crippen LogP contribution < -0.4 is 0 Å². The zero-order valence-electron chi connectivity index (χ0n) is 11.4. The summed E-state index contributed by atoms with van der Waals surface area (Å²) in [5, 5.41) is -0.455. The van der Waals surface area contributed by atoms with E-state index in [0.29, 0.717) is 5.56 Å². The first-order chi connectivity index (χ1) is 9.49. The second-order valence-electron chi connectivity index (χ2n) is 4.95. The Balaban J connectivity index is 2.68. The maximum atomic E-state index is 13.9. The number of rotatable bonds is 4. The minimum atomic E-state index is -0.455. The van der Waals surface area contributed by atoms with Gasteiger partial charge in [0.05, 0.1) is 0 Å². The molecular formula is C16H15ClFNO. The van der Waals surface area contributed by atoms with Crippen LogP contribution >= 0.6 is 11.6 Å². The molecular weight excluding hydrogens is 277 g/mol. The van der Waals surface area contributed by atoms with E-state index in [0.717, 1.165) is 16.7 Å². The van der Waals surface area contributed by atoms with Crippen molar-refractivity contribution in [2.75, 3.05) is 0 Å². The molecule has 0 spiro atoms. The number of hydrogen-bond acceptors (Lipinski definition) is 2. The minimum absolute atomic E-state index is 0.0829. The zero-order chi connectivity index (χ0) is 14.7. The van der Waals surface area contributed by atoms with Crippen molar-refractivity contribution >= 4 is 16.8 Å².